The standard InChI is InChI=1S/C8H6BrClO4S/c1-4-2-5(8(11)12)3-6(7(4)9)15(10,13)14/h2-3H,1H3,(H,11,12). The molecule has 0 aliphatic heterocycles. The van der Waals surface area contributed by atoms with Gasteiger partial charge in [-0.3, -0.25) is 0 Å². The molecule has 0 saturated heterocycles. The van der Waals surface area contributed by atoms with Crippen molar-refractivity contribution in [3.8, 4) is 0 Å². The van der Waals surface area contributed by atoms with Crippen LogP contribution in [-0.2, 0) is 9.05 Å². The minimum Gasteiger partial charge on any atom is -0.478 e. The van der Waals surface area contributed by atoms with Gasteiger partial charge in [0.15, 0.2) is 0 Å². The van der Waals surface area contributed by atoms with Gasteiger partial charge in [0.25, 0.3) is 9.05 Å². The number of carboxylic acid groups (broad SMARTS) is 1. The van der Waals surface area contributed by atoms with E-state index in [0.717, 1.165) is 6.07 Å². The van der Waals surface area contributed by atoms with Gasteiger partial charge in [-0.25, -0.2) is 13.2 Å². The lowest BCUT2D eigenvalue weighted by Crippen LogP contribution is -2.02. The van der Waals surface area contributed by atoms with Crippen LogP contribution in [0.1, 0.15) is 15.9 Å². The summed E-state index contributed by atoms with van der Waals surface area (Å²) in [6.07, 6.45) is 0. The Balaban J connectivity index is 3.59. The minimum absolute atomic E-state index is 0.116. The summed E-state index contributed by atoms with van der Waals surface area (Å²) >= 11 is 3.04. The highest BCUT2D eigenvalue weighted by molar-refractivity contribution is 9.10. The second kappa shape index (κ2) is 4.11. The van der Waals surface area contributed by atoms with Crippen molar-refractivity contribution in [1.82, 2.24) is 0 Å². The Morgan fingerprint density at radius 3 is 2.40 bits per heavy atom. The Hall–Kier alpha value is -0.590. The highest BCUT2D eigenvalue weighted by Crippen LogP contribution is 2.29. The maximum atomic E-state index is 11.1. The highest BCUT2D eigenvalue weighted by atomic mass is 79.9. The molecule has 0 spiro atoms. The molecule has 0 fully saturated rings. The SMILES string of the molecule is Cc1cc(C(=O)O)cc(S(=O)(=O)Cl)c1Br. The normalized spacial score (nSPS) is 11.4. The van der Waals surface area contributed by atoms with Crippen LogP contribution in [0.3, 0.4) is 0 Å². The summed E-state index contributed by atoms with van der Waals surface area (Å²) < 4.78 is 22.5. The number of rotatable bonds is 2. The molecule has 7 heteroatoms. The van der Waals surface area contributed by atoms with E-state index in [1.54, 1.807) is 6.92 Å². The second-order valence-electron chi connectivity index (χ2n) is 2.85. The summed E-state index contributed by atoms with van der Waals surface area (Å²) in [5.41, 5.74) is 0.379. The van der Waals surface area contributed by atoms with Crippen LogP contribution in [0.2, 0.25) is 0 Å². The van der Waals surface area contributed by atoms with E-state index in [-0.39, 0.29) is 14.9 Å². The molecule has 1 N–H and O–H groups in total. The van der Waals surface area contributed by atoms with Gasteiger partial charge in [-0.05, 0) is 40.5 Å². The molecule has 0 aromatic heterocycles. The summed E-state index contributed by atoms with van der Waals surface area (Å²) in [6, 6.07) is 2.37. The van der Waals surface area contributed by atoms with Gasteiger partial charge in [0.2, 0.25) is 0 Å². The van der Waals surface area contributed by atoms with Crippen molar-refractivity contribution in [1.29, 1.82) is 0 Å². The van der Waals surface area contributed by atoms with E-state index in [1.807, 2.05) is 0 Å². The number of hydrogen-bond donors (Lipinski definition) is 1. The van der Waals surface area contributed by atoms with Gasteiger partial charge in [0.05, 0.1) is 10.5 Å². The molecule has 1 rings (SSSR count). The van der Waals surface area contributed by atoms with Crippen LogP contribution in [0, 0.1) is 6.92 Å². The zero-order chi connectivity index (χ0) is 11.8. The molecule has 15 heavy (non-hydrogen) atoms. The topological polar surface area (TPSA) is 71.4 Å². The van der Waals surface area contributed by atoms with E-state index in [1.165, 1.54) is 6.07 Å². The van der Waals surface area contributed by atoms with Gasteiger partial charge in [-0.1, -0.05) is 0 Å². The first-order valence-corrected chi connectivity index (χ1v) is 6.82. The monoisotopic (exact) mass is 312 g/mol. The van der Waals surface area contributed by atoms with Crippen LogP contribution in [0.5, 0.6) is 0 Å². The smallest absolute Gasteiger partial charge is 0.335 e. The highest BCUT2D eigenvalue weighted by Gasteiger charge is 2.19. The summed E-state index contributed by atoms with van der Waals surface area (Å²) in [6.45, 7) is 1.59. The fraction of sp³-hybridized carbons (Fsp3) is 0.125. The number of hydrogen-bond acceptors (Lipinski definition) is 3. The third-order valence-electron chi connectivity index (χ3n) is 1.73. The van der Waals surface area contributed by atoms with E-state index in [4.69, 9.17) is 15.8 Å². The van der Waals surface area contributed by atoms with Crippen molar-refractivity contribution < 1.29 is 18.3 Å². The van der Waals surface area contributed by atoms with Crippen LogP contribution >= 0.6 is 26.6 Å². The van der Waals surface area contributed by atoms with Crippen molar-refractivity contribution in [2.75, 3.05) is 0 Å². The molecule has 0 atom stereocenters. The first kappa shape index (κ1) is 12.5. The van der Waals surface area contributed by atoms with E-state index >= 15 is 0 Å². The fourth-order valence-corrected chi connectivity index (χ4v) is 3.19. The molecule has 0 saturated carbocycles. The minimum atomic E-state index is -3.95. The van der Waals surface area contributed by atoms with Crippen molar-refractivity contribution in [2.24, 2.45) is 0 Å². The average Bonchev–Trinajstić information content (AvgIpc) is 2.06. The number of aryl methyl sites for hydroxylation is 1. The van der Waals surface area contributed by atoms with Crippen molar-refractivity contribution in [3.63, 3.8) is 0 Å². The molecule has 0 radical (unpaired) electrons. The van der Waals surface area contributed by atoms with Crippen molar-refractivity contribution in [3.05, 3.63) is 27.7 Å². The second-order valence-corrected chi connectivity index (χ2v) is 6.18. The predicted octanol–water partition coefficient (Wildman–Crippen LogP) is 2.38. The Kier molecular flexibility index (Phi) is 3.42. The van der Waals surface area contributed by atoms with Gasteiger partial charge in [-0.15, -0.1) is 0 Å². The predicted molar refractivity (Wildman–Crippen MR) is 58.9 cm³/mol. The molecule has 0 aliphatic carbocycles. The fourth-order valence-electron chi connectivity index (χ4n) is 1.04. The summed E-state index contributed by atoms with van der Waals surface area (Å²) in [5.74, 6) is -1.20. The van der Waals surface area contributed by atoms with Crippen molar-refractivity contribution >= 4 is 41.6 Å². The molecule has 1 aromatic rings. The number of aromatic carboxylic acids is 1. The number of benzene rings is 1. The number of carbonyl (C=O) groups is 1. The zero-order valence-corrected chi connectivity index (χ0v) is 10.6. The maximum absolute atomic E-state index is 11.1. The third kappa shape index (κ3) is 2.70. The summed E-state index contributed by atoms with van der Waals surface area (Å²) in [7, 11) is 1.21. The quantitative estimate of drug-likeness (QED) is 0.851. The molecule has 0 unspecified atom stereocenters. The van der Waals surface area contributed by atoms with Crippen LogP contribution in [0.15, 0.2) is 21.5 Å². The van der Waals surface area contributed by atoms with Gasteiger partial charge in [0, 0.05) is 15.2 Å². The van der Waals surface area contributed by atoms with Gasteiger partial charge in [0.1, 0.15) is 0 Å². The average molecular weight is 314 g/mol. The summed E-state index contributed by atoms with van der Waals surface area (Å²) in [5, 5.41) is 8.74. The van der Waals surface area contributed by atoms with Crippen molar-refractivity contribution in [2.45, 2.75) is 11.8 Å². The maximum Gasteiger partial charge on any atom is 0.335 e. The molecule has 0 bridgehead atoms. The van der Waals surface area contributed by atoms with Crippen LogP contribution in [0.25, 0.3) is 0 Å². The molecule has 0 amide bonds. The van der Waals surface area contributed by atoms with Crippen LogP contribution in [-0.4, -0.2) is 19.5 Å². The molecule has 1 aromatic carbocycles. The lowest BCUT2D eigenvalue weighted by molar-refractivity contribution is 0.0696. The molecule has 82 valence electrons. The molecule has 4 nitrogen and oxygen atoms in total. The van der Waals surface area contributed by atoms with E-state index < -0.39 is 15.0 Å². The van der Waals surface area contributed by atoms with Crippen LogP contribution < -0.4 is 0 Å². The number of carboxylic acids is 1. The zero-order valence-electron chi connectivity index (χ0n) is 7.49. The largest absolute Gasteiger partial charge is 0.478 e. The molecular formula is C8H6BrClO4S. The first-order valence-electron chi connectivity index (χ1n) is 3.71. The van der Waals surface area contributed by atoms with Gasteiger partial charge < -0.3 is 5.11 Å². The Morgan fingerprint density at radius 2 is 2.00 bits per heavy atom. The third-order valence-corrected chi connectivity index (χ3v) is 4.39. The first-order chi connectivity index (χ1) is 6.73. The van der Waals surface area contributed by atoms with Gasteiger partial charge >= 0.3 is 5.97 Å². The lowest BCUT2D eigenvalue weighted by atomic mass is 10.1. The molecular weight excluding hydrogens is 308 g/mol. The Bertz CT molecular complexity index is 524. The Labute approximate surface area is 99.4 Å². The van der Waals surface area contributed by atoms with E-state index in [0.29, 0.717) is 5.56 Å². The number of halogens is 2. The summed E-state index contributed by atoms with van der Waals surface area (Å²) in [4.78, 5) is 10.5. The van der Waals surface area contributed by atoms with Crippen LogP contribution in [0.4, 0.5) is 0 Å². The van der Waals surface area contributed by atoms with Gasteiger partial charge in [-0.2, -0.15) is 0 Å². The lowest BCUT2D eigenvalue weighted by Gasteiger charge is -2.05. The van der Waals surface area contributed by atoms with E-state index in [9.17, 15) is 13.2 Å². The van der Waals surface area contributed by atoms with E-state index in [2.05, 4.69) is 15.9 Å². The Morgan fingerprint density at radius 1 is 1.47 bits per heavy atom. The molecule has 0 aliphatic rings. The molecule has 0 heterocycles.